The minimum absolute atomic E-state index is 0.194. The van der Waals surface area contributed by atoms with Gasteiger partial charge in [0.2, 0.25) is 0 Å². The number of aryl methyl sites for hydroxylation is 1. The summed E-state index contributed by atoms with van der Waals surface area (Å²) < 4.78 is 26.1. The quantitative estimate of drug-likeness (QED) is 0.648. The molecule has 5 rings (SSSR count). The molecule has 2 aliphatic heterocycles. The van der Waals surface area contributed by atoms with Crippen LogP contribution in [-0.4, -0.2) is 47.5 Å². The molecule has 1 fully saturated rings. The summed E-state index contributed by atoms with van der Waals surface area (Å²) in [6, 6.07) is 9.30. The largest absolute Gasteiger partial charge is 0.335 e. The van der Waals surface area contributed by atoms with Crippen LogP contribution in [0.2, 0.25) is 0 Å². The Hall–Kier alpha value is -2.58. The van der Waals surface area contributed by atoms with Gasteiger partial charge >= 0.3 is 0 Å². The number of carbonyl (C=O) groups is 1. The number of fused-ring (bicyclic) bond motifs is 3. The number of sulfone groups is 1. The molecule has 4 heterocycles. The molecule has 28 heavy (non-hydrogen) atoms. The Morgan fingerprint density at radius 3 is 2.64 bits per heavy atom. The van der Waals surface area contributed by atoms with E-state index in [-0.39, 0.29) is 18.4 Å². The average Bonchev–Trinajstić information content (AvgIpc) is 3.38. The predicted molar refractivity (Wildman–Crippen MR) is 106 cm³/mol. The number of carbonyl (C=O) groups excluding carboxylic acids is 1. The minimum Gasteiger partial charge on any atom is -0.335 e. The molecule has 0 aliphatic carbocycles. The Balaban J connectivity index is 1.52. The van der Waals surface area contributed by atoms with Crippen molar-refractivity contribution in [3.63, 3.8) is 0 Å². The Bertz CT molecular complexity index is 1190. The highest BCUT2D eigenvalue weighted by molar-refractivity contribution is 7.92. The maximum absolute atomic E-state index is 13.1. The van der Waals surface area contributed by atoms with Crippen molar-refractivity contribution in [2.45, 2.75) is 23.0 Å². The third-order valence-electron chi connectivity index (χ3n) is 5.52. The summed E-state index contributed by atoms with van der Waals surface area (Å²) in [5.74, 6) is -0.397. The second-order valence-electron chi connectivity index (χ2n) is 7.14. The van der Waals surface area contributed by atoms with Crippen LogP contribution < -0.4 is 0 Å². The molecule has 1 saturated heterocycles. The molecule has 2 unspecified atom stereocenters. The monoisotopic (exact) mass is 411 g/mol. The molecular formula is C20H17N3O3S2. The molecule has 0 N–H and O–H groups in total. The minimum atomic E-state index is -3.45. The van der Waals surface area contributed by atoms with Crippen molar-refractivity contribution >= 4 is 27.1 Å². The van der Waals surface area contributed by atoms with Gasteiger partial charge in [0.15, 0.2) is 9.84 Å². The first-order valence-electron chi connectivity index (χ1n) is 8.95. The Kier molecular flexibility index (Phi) is 3.89. The van der Waals surface area contributed by atoms with Crippen LogP contribution in [0.4, 0.5) is 0 Å². The smallest absolute Gasteiger partial charge is 0.273 e. The average molecular weight is 412 g/mol. The number of nitrogens with zero attached hydrogens (tertiary/aromatic N) is 3. The van der Waals surface area contributed by atoms with Crippen molar-refractivity contribution in [1.82, 2.24) is 14.9 Å². The summed E-state index contributed by atoms with van der Waals surface area (Å²) in [5.41, 5.74) is 3.15. The van der Waals surface area contributed by atoms with Gasteiger partial charge in [-0.25, -0.2) is 13.4 Å². The number of hydrogen-bond acceptors (Lipinski definition) is 6. The van der Waals surface area contributed by atoms with Gasteiger partial charge in [-0.2, -0.15) is 0 Å². The topological polar surface area (TPSA) is 80.2 Å². The molecule has 2 aromatic heterocycles. The molecule has 6 nitrogen and oxygen atoms in total. The van der Waals surface area contributed by atoms with Crippen molar-refractivity contribution in [3.05, 3.63) is 64.4 Å². The van der Waals surface area contributed by atoms with E-state index in [2.05, 4.69) is 9.97 Å². The third kappa shape index (κ3) is 2.59. The summed E-state index contributed by atoms with van der Waals surface area (Å²) in [6.07, 6.45) is 3.43. The number of rotatable bonds is 2. The number of aromatic nitrogens is 2. The number of likely N-dealkylation sites (tertiary alicyclic amines) is 1. The van der Waals surface area contributed by atoms with Crippen molar-refractivity contribution in [2.75, 3.05) is 13.1 Å². The molecule has 8 heteroatoms. The number of hydrogen-bond donors (Lipinski definition) is 0. The molecule has 1 aromatic carbocycles. The molecule has 0 bridgehead atoms. The first-order valence-corrected chi connectivity index (χ1v) is 11.4. The maximum Gasteiger partial charge on any atom is 0.273 e. The lowest BCUT2D eigenvalue weighted by Gasteiger charge is -2.17. The van der Waals surface area contributed by atoms with Crippen LogP contribution in [0.5, 0.6) is 0 Å². The second kappa shape index (κ2) is 6.22. The summed E-state index contributed by atoms with van der Waals surface area (Å²) in [5, 5.41) is 1.97. The lowest BCUT2D eigenvalue weighted by Crippen LogP contribution is -2.31. The summed E-state index contributed by atoms with van der Waals surface area (Å²) >= 11 is 1.42. The van der Waals surface area contributed by atoms with Crippen molar-refractivity contribution in [1.29, 1.82) is 0 Å². The molecule has 0 spiro atoms. The summed E-state index contributed by atoms with van der Waals surface area (Å²) in [4.78, 5) is 23.1. The van der Waals surface area contributed by atoms with E-state index >= 15 is 0 Å². The van der Waals surface area contributed by atoms with Crippen LogP contribution in [0.3, 0.4) is 0 Å². The van der Waals surface area contributed by atoms with E-state index < -0.39 is 15.1 Å². The van der Waals surface area contributed by atoms with Gasteiger partial charge in [-0.05, 0) is 47.9 Å². The summed E-state index contributed by atoms with van der Waals surface area (Å²) in [7, 11) is -3.45. The van der Waals surface area contributed by atoms with Gasteiger partial charge in [0.25, 0.3) is 5.91 Å². The molecule has 0 saturated carbocycles. The highest BCUT2D eigenvalue weighted by atomic mass is 32.2. The van der Waals surface area contributed by atoms with E-state index in [1.807, 2.05) is 31.2 Å². The van der Waals surface area contributed by atoms with E-state index in [1.54, 1.807) is 28.7 Å². The lowest BCUT2D eigenvalue weighted by molar-refractivity contribution is 0.0785. The van der Waals surface area contributed by atoms with E-state index in [0.717, 1.165) is 21.7 Å². The number of amides is 1. The van der Waals surface area contributed by atoms with Crippen LogP contribution >= 0.6 is 11.3 Å². The van der Waals surface area contributed by atoms with Crippen molar-refractivity contribution < 1.29 is 13.2 Å². The van der Waals surface area contributed by atoms with Crippen molar-refractivity contribution in [3.8, 4) is 11.1 Å². The van der Waals surface area contributed by atoms with Crippen molar-refractivity contribution in [2.24, 2.45) is 0 Å². The fourth-order valence-corrected chi connectivity index (χ4v) is 6.91. The normalized spacial score (nSPS) is 22.1. The fraction of sp³-hybridized carbons (Fsp3) is 0.250. The van der Waals surface area contributed by atoms with Crippen LogP contribution in [0.1, 0.15) is 27.0 Å². The highest BCUT2D eigenvalue weighted by Crippen LogP contribution is 2.46. The predicted octanol–water partition coefficient (Wildman–Crippen LogP) is 2.91. The van der Waals surface area contributed by atoms with Crippen LogP contribution in [0.15, 0.2) is 53.0 Å². The first kappa shape index (κ1) is 17.5. The fourth-order valence-electron chi connectivity index (χ4n) is 4.16. The lowest BCUT2D eigenvalue weighted by atomic mass is 9.95. The zero-order valence-corrected chi connectivity index (χ0v) is 16.7. The Morgan fingerprint density at radius 2 is 1.93 bits per heavy atom. The molecule has 3 aromatic rings. The zero-order valence-electron chi connectivity index (χ0n) is 15.1. The van der Waals surface area contributed by atoms with Gasteiger partial charge < -0.3 is 4.90 Å². The molecular weight excluding hydrogens is 394 g/mol. The SMILES string of the molecule is Cc1nc(C(=O)N2CC3c4cc(-c5ccncc5)ccc4S(=O)(=O)C3C2)cs1. The summed E-state index contributed by atoms with van der Waals surface area (Å²) in [6.45, 7) is 2.45. The second-order valence-corrected chi connectivity index (χ2v) is 10.3. The van der Waals surface area contributed by atoms with Gasteiger partial charge in [0, 0.05) is 36.8 Å². The molecule has 142 valence electrons. The van der Waals surface area contributed by atoms with Gasteiger partial charge in [0.1, 0.15) is 5.69 Å². The van der Waals surface area contributed by atoms with E-state index in [0.29, 0.717) is 17.1 Å². The zero-order chi connectivity index (χ0) is 19.5. The maximum atomic E-state index is 13.1. The third-order valence-corrected chi connectivity index (χ3v) is 8.55. The molecule has 0 radical (unpaired) electrons. The standard InChI is InChI=1S/C20H17N3O3S2/c1-12-22-17(11-27-12)20(24)23-9-16-15-8-14(13-4-6-21-7-5-13)2-3-18(15)28(25,26)19(16)10-23/h2-8,11,16,19H,9-10H2,1H3. The number of thiazole rings is 1. The van der Waals surface area contributed by atoms with Gasteiger partial charge in [-0.15, -0.1) is 11.3 Å². The number of benzene rings is 1. The van der Waals surface area contributed by atoms with Gasteiger partial charge in [-0.3, -0.25) is 9.78 Å². The Morgan fingerprint density at radius 1 is 1.14 bits per heavy atom. The molecule has 2 atom stereocenters. The number of pyridine rings is 1. The Labute approximate surface area is 166 Å². The molecule has 2 aliphatic rings. The van der Waals surface area contributed by atoms with Crippen LogP contribution in [0, 0.1) is 6.92 Å². The van der Waals surface area contributed by atoms with E-state index in [4.69, 9.17) is 0 Å². The highest BCUT2D eigenvalue weighted by Gasteiger charge is 2.51. The van der Waals surface area contributed by atoms with Crippen LogP contribution in [0.25, 0.3) is 11.1 Å². The van der Waals surface area contributed by atoms with E-state index in [9.17, 15) is 13.2 Å². The molecule has 1 amide bonds. The van der Waals surface area contributed by atoms with E-state index in [1.165, 1.54) is 11.3 Å². The van der Waals surface area contributed by atoms with Gasteiger partial charge in [-0.1, -0.05) is 6.07 Å². The van der Waals surface area contributed by atoms with Crippen LogP contribution in [-0.2, 0) is 9.84 Å². The van der Waals surface area contributed by atoms with Gasteiger partial charge in [0.05, 0.1) is 15.2 Å². The first-order chi connectivity index (χ1) is 13.4.